The Hall–Kier alpha value is -0.730. The highest BCUT2D eigenvalue weighted by molar-refractivity contribution is 5.59. The van der Waals surface area contributed by atoms with E-state index in [-0.39, 0.29) is 6.10 Å². The summed E-state index contributed by atoms with van der Waals surface area (Å²) in [6.07, 6.45) is 2.54. The van der Waals surface area contributed by atoms with E-state index in [1.807, 2.05) is 6.92 Å². The lowest BCUT2D eigenvalue weighted by molar-refractivity contribution is 0.0291. The number of hydrogen-bond donors (Lipinski definition) is 0. The van der Waals surface area contributed by atoms with E-state index in [0.29, 0.717) is 6.61 Å². The fourth-order valence-electron chi connectivity index (χ4n) is 0.867. The van der Waals surface area contributed by atoms with Gasteiger partial charge in [-0.3, -0.25) is 0 Å². The monoisotopic (exact) mass is 174 g/mol. The fourth-order valence-corrected chi connectivity index (χ4v) is 0.867. The highest BCUT2D eigenvalue weighted by Gasteiger charge is 2.08. The standard InChI is InChI=1S/C9H18O3/c1-4-6-7-8(3)12-9(10)11-5-2/h8H,4-7H2,1-3H3. The van der Waals surface area contributed by atoms with E-state index in [9.17, 15) is 4.79 Å². The molecule has 0 N–H and O–H groups in total. The maximum Gasteiger partial charge on any atom is 0.508 e. The number of carbonyl (C=O) groups excluding carboxylic acids is 1. The molecule has 0 radical (unpaired) electrons. The van der Waals surface area contributed by atoms with Gasteiger partial charge in [0.05, 0.1) is 6.61 Å². The van der Waals surface area contributed by atoms with Crippen molar-refractivity contribution in [2.24, 2.45) is 0 Å². The van der Waals surface area contributed by atoms with Crippen molar-refractivity contribution >= 4 is 6.16 Å². The molecule has 0 fully saturated rings. The van der Waals surface area contributed by atoms with Gasteiger partial charge >= 0.3 is 6.16 Å². The van der Waals surface area contributed by atoms with Crippen molar-refractivity contribution in [3.05, 3.63) is 0 Å². The molecule has 12 heavy (non-hydrogen) atoms. The molecule has 0 aromatic carbocycles. The summed E-state index contributed by atoms with van der Waals surface area (Å²) in [5, 5.41) is 0. The van der Waals surface area contributed by atoms with Gasteiger partial charge in [0.2, 0.25) is 0 Å². The number of rotatable bonds is 5. The van der Waals surface area contributed by atoms with Crippen molar-refractivity contribution in [3.63, 3.8) is 0 Å². The quantitative estimate of drug-likeness (QED) is 0.601. The zero-order chi connectivity index (χ0) is 9.40. The first-order chi connectivity index (χ1) is 5.70. The van der Waals surface area contributed by atoms with Crippen LogP contribution < -0.4 is 0 Å². The largest absolute Gasteiger partial charge is 0.508 e. The molecule has 0 aliphatic rings. The van der Waals surface area contributed by atoms with E-state index in [2.05, 4.69) is 11.7 Å². The lowest BCUT2D eigenvalue weighted by Gasteiger charge is -2.11. The molecule has 0 saturated carbocycles. The Morgan fingerprint density at radius 2 is 2.08 bits per heavy atom. The molecule has 0 aliphatic carbocycles. The van der Waals surface area contributed by atoms with Gasteiger partial charge in [-0.15, -0.1) is 0 Å². The molecule has 0 amide bonds. The van der Waals surface area contributed by atoms with Gasteiger partial charge in [0.25, 0.3) is 0 Å². The van der Waals surface area contributed by atoms with Crippen LogP contribution >= 0.6 is 0 Å². The number of ether oxygens (including phenoxy) is 2. The molecule has 0 heterocycles. The Morgan fingerprint density at radius 1 is 1.42 bits per heavy atom. The minimum absolute atomic E-state index is 0.0241. The Bertz CT molecular complexity index is 123. The van der Waals surface area contributed by atoms with Gasteiger partial charge < -0.3 is 9.47 Å². The zero-order valence-electron chi connectivity index (χ0n) is 8.13. The maximum atomic E-state index is 10.8. The SMILES string of the molecule is CCCCC(C)OC(=O)OCC. The molecule has 72 valence electrons. The topological polar surface area (TPSA) is 35.5 Å². The van der Waals surface area contributed by atoms with Crippen molar-refractivity contribution in [2.45, 2.75) is 46.1 Å². The zero-order valence-corrected chi connectivity index (χ0v) is 8.13. The third-order valence-electron chi connectivity index (χ3n) is 1.52. The van der Waals surface area contributed by atoms with Gasteiger partial charge in [-0.05, 0) is 20.3 Å². The van der Waals surface area contributed by atoms with E-state index < -0.39 is 6.16 Å². The molecule has 1 unspecified atom stereocenters. The van der Waals surface area contributed by atoms with Crippen LogP contribution in [-0.4, -0.2) is 18.9 Å². The van der Waals surface area contributed by atoms with Gasteiger partial charge in [0.15, 0.2) is 0 Å². The first-order valence-electron chi connectivity index (χ1n) is 4.54. The van der Waals surface area contributed by atoms with Gasteiger partial charge in [0.1, 0.15) is 6.10 Å². The molecule has 3 nitrogen and oxygen atoms in total. The van der Waals surface area contributed by atoms with Crippen molar-refractivity contribution in [2.75, 3.05) is 6.61 Å². The molecule has 0 bridgehead atoms. The van der Waals surface area contributed by atoms with E-state index in [0.717, 1.165) is 19.3 Å². The molecule has 0 aromatic heterocycles. The summed E-state index contributed by atoms with van der Waals surface area (Å²) in [6.45, 7) is 6.13. The maximum absolute atomic E-state index is 10.8. The van der Waals surface area contributed by atoms with Gasteiger partial charge in [-0.2, -0.15) is 0 Å². The van der Waals surface area contributed by atoms with Crippen molar-refractivity contribution in [3.8, 4) is 0 Å². The summed E-state index contributed by atoms with van der Waals surface area (Å²) in [6, 6.07) is 0. The summed E-state index contributed by atoms with van der Waals surface area (Å²) < 4.78 is 9.56. The van der Waals surface area contributed by atoms with Crippen LogP contribution in [0.25, 0.3) is 0 Å². The van der Waals surface area contributed by atoms with E-state index in [4.69, 9.17) is 4.74 Å². The smallest absolute Gasteiger partial charge is 0.435 e. The van der Waals surface area contributed by atoms with Crippen molar-refractivity contribution in [1.29, 1.82) is 0 Å². The van der Waals surface area contributed by atoms with Crippen LogP contribution in [0.5, 0.6) is 0 Å². The van der Waals surface area contributed by atoms with Crippen LogP contribution in [0.1, 0.15) is 40.0 Å². The van der Waals surface area contributed by atoms with Crippen LogP contribution in [0.3, 0.4) is 0 Å². The molecular weight excluding hydrogens is 156 g/mol. The second-order valence-corrected chi connectivity index (χ2v) is 2.75. The van der Waals surface area contributed by atoms with E-state index in [1.165, 1.54) is 0 Å². The number of hydrogen-bond acceptors (Lipinski definition) is 3. The van der Waals surface area contributed by atoms with Crippen LogP contribution in [0, 0.1) is 0 Å². The molecule has 0 aromatic rings. The lowest BCUT2D eigenvalue weighted by Crippen LogP contribution is -2.15. The van der Waals surface area contributed by atoms with Crippen LogP contribution in [-0.2, 0) is 9.47 Å². The molecule has 0 aliphatic heterocycles. The molecule has 3 heteroatoms. The highest BCUT2D eigenvalue weighted by atomic mass is 16.7. The second-order valence-electron chi connectivity index (χ2n) is 2.75. The Labute approximate surface area is 74.0 Å². The molecule has 0 saturated heterocycles. The van der Waals surface area contributed by atoms with Crippen molar-refractivity contribution in [1.82, 2.24) is 0 Å². The van der Waals surface area contributed by atoms with Crippen LogP contribution in [0.15, 0.2) is 0 Å². The molecule has 0 rings (SSSR count). The third-order valence-corrected chi connectivity index (χ3v) is 1.52. The third kappa shape index (κ3) is 6.01. The first-order valence-corrected chi connectivity index (χ1v) is 4.54. The van der Waals surface area contributed by atoms with Gasteiger partial charge in [-0.25, -0.2) is 4.79 Å². The van der Waals surface area contributed by atoms with Gasteiger partial charge in [0, 0.05) is 0 Å². The highest BCUT2D eigenvalue weighted by Crippen LogP contribution is 2.04. The van der Waals surface area contributed by atoms with Crippen LogP contribution in [0.4, 0.5) is 4.79 Å². The summed E-state index contributed by atoms with van der Waals surface area (Å²) in [5.41, 5.74) is 0. The summed E-state index contributed by atoms with van der Waals surface area (Å²) in [5.74, 6) is 0. The van der Waals surface area contributed by atoms with E-state index >= 15 is 0 Å². The summed E-state index contributed by atoms with van der Waals surface area (Å²) in [7, 11) is 0. The number of carbonyl (C=O) groups is 1. The number of unbranched alkanes of at least 4 members (excludes halogenated alkanes) is 1. The van der Waals surface area contributed by atoms with E-state index in [1.54, 1.807) is 6.92 Å². The van der Waals surface area contributed by atoms with Crippen molar-refractivity contribution < 1.29 is 14.3 Å². The van der Waals surface area contributed by atoms with Gasteiger partial charge in [-0.1, -0.05) is 19.8 Å². The normalized spacial score (nSPS) is 12.2. The summed E-state index contributed by atoms with van der Waals surface area (Å²) >= 11 is 0. The van der Waals surface area contributed by atoms with Crippen LogP contribution in [0.2, 0.25) is 0 Å². The lowest BCUT2D eigenvalue weighted by atomic mass is 10.2. The summed E-state index contributed by atoms with van der Waals surface area (Å²) in [4.78, 5) is 10.8. The molecular formula is C9H18O3. The predicted molar refractivity (Wildman–Crippen MR) is 47.1 cm³/mol. The molecule has 0 spiro atoms. The Morgan fingerprint density at radius 3 is 2.58 bits per heavy atom. The predicted octanol–water partition coefficient (Wildman–Crippen LogP) is 2.74. The second kappa shape index (κ2) is 6.95. The Kier molecular flexibility index (Phi) is 6.53. The minimum Gasteiger partial charge on any atom is -0.435 e. The average molecular weight is 174 g/mol. The minimum atomic E-state index is -0.555. The average Bonchev–Trinajstić information content (AvgIpc) is 2.01. The fraction of sp³-hybridized carbons (Fsp3) is 0.889. The first kappa shape index (κ1) is 11.3. The Balaban J connectivity index is 3.40. The molecule has 1 atom stereocenters.